The van der Waals surface area contributed by atoms with Crippen LogP contribution in [0.15, 0.2) is 16.7 Å². The van der Waals surface area contributed by atoms with E-state index in [4.69, 9.17) is 9.52 Å². The first kappa shape index (κ1) is 15.6. The average molecular weight is 320 g/mol. The zero-order valence-electron chi connectivity index (χ0n) is 13.0. The summed E-state index contributed by atoms with van der Waals surface area (Å²) in [5.41, 5.74) is 0.908. The highest BCUT2D eigenvalue weighted by molar-refractivity contribution is 5.91. The van der Waals surface area contributed by atoms with Gasteiger partial charge in [0.1, 0.15) is 0 Å². The number of hydrogen-bond donors (Lipinski definition) is 1. The van der Waals surface area contributed by atoms with Gasteiger partial charge in [0, 0.05) is 32.1 Å². The predicted molar refractivity (Wildman–Crippen MR) is 79.8 cm³/mol. The molecule has 23 heavy (non-hydrogen) atoms. The third-order valence-electron chi connectivity index (χ3n) is 4.64. The number of furan rings is 1. The number of piperidine rings is 1. The fourth-order valence-corrected chi connectivity index (χ4v) is 3.33. The molecule has 2 fully saturated rings. The Hall–Kier alpha value is -2.31. The van der Waals surface area contributed by atoms with Gasteiger partial charge in [-0.05, 0) is 31.4 Å². The minimum atomic E-state index is -0.915. The summed E-state index contributed by atoms with van der Waals surface area (Å²) in [6, 6.07) is 1.74. The largest absolute Gasteiger partial charge is 0.481 e. The van der Waals surface area contributed by atoms with Gasteiger partial charge >= 0.3 is 5.97 Å². The predicted octanol–water partition coefficient (Wildman–Crippen LogP) is 1.13. The van der Waals surface area contributed by atoms with Crippen molar-refractivity contribution >= 4 is 17.8 Å². The molecule has 2 aliphatic rings. The standard InChI is InChI=1S/C16H20N2O5/c1-10-6-13(23-9-10)15(20)17-4-2-12(3-5-17)18-8-11(16(21)22)7-14(18)19/h6,9,11-12H,2-5,7-8H2,1H3,(H,21,22). The molecule has 1 unspecified atom stereocenters. The number of hydrogen-bond acceptors (Lipinski definition) is 4. The Morgan fingerprint density at radius 1 is 1.30 bits per heavy atom. The second-order valence-corrected chi connectivity index (χ2v) is 6.30. The lowest BCUT2D eigenvalue weighted by molar-refractivity contribution is -0.141. The molecule has 0 radical (unpaired) electrons. The molecule has 0 bridgehead atoms. The highest BCUT2D eigenvalue weighted by Crippen LogP contribution is 2.26. The van der Waals surface area contributed by atoms with Gasteiger partial charge in [-0.2, -0.15) is 0 Å². The maximum atomic E-state index is 12.3. The van der Waals surface area contributed by atoms with Crippen molar-refractivity contribution in [1.29, 1.82) is 0 Å². The lowest BCUT2D eigenvalue weighted by Crippen LogP contribution is -2.47. The number of carbonyl (C=O) groups is 3. The van der Waals surface area contributed by atoms with Crippen molar-refractivity contribution in [2.75, 3.05) is 19.6 Å². The Labute approximate surface area is 133 Å². The SMILES string of the molecule is Cc1coc(C(=O)N2CCC(N3CC(C(=O)O)CC3=O)CC2)c1. The number of aryl methyl sites for hydroxylation is 1. The summed E-state index contributed by atoms with van der Waals surface area (Å²) >= 11 is 0. The zero-order chi connectivity index (χ0) is 16.6. The first-order valence-corrected chi connectivity index (χ1v) is 7.82. The van der Waals surface area contributed by atoms with E-state index in [0.29, 0.717) is 31.7 Å². The highest BCUT2D eigenvalue weighted by atomic mass is 16.4. The normalized spacial score (nSPS) is 22.7. The smallest absolute Gasteiger partial charge is 0.308 e. The fraction of sp³-hybridized carbons (Fsp3) is 0.562. The van der Waals surface area contributed by atoms with Crippen molar-refractivity contribution in [3.05, 3.63) is 23.7 Å². The van der Waals surface area contributed by atoms with Crippen molar-refractivity contribution in [2.45, 2.75) is 32.2 Å². The number of nitrogens with zero attached hydrogens (tertiary/aromatic N) is 2. The molecule has 2 aliphatic heterocycles. The number of amides is 2. The highest BCUT2D eigenvalue weighted by Gasteiger charge is 2.39. The molecule has 1 atom stereocenters. The molecule has 3 rings (SSSR count). The van der Waals surface area contributed by atoms with E-state index in [1.165, 1.54) is 0 Å². The maximum absolute atomic E-state index is 12.3. The summed E-state index contributed by atoms with van der Waals surface area (Å²) in [5, 5.41) is 9.05. The fourth-order valence-electron chi connectivity index (χ4n) is 3.33. The summed E-state index contributed by atoms with van der Waals surface area (Å²) in [5.74, 6) is -1.41. The quantitative estimate of drug-likeness (QED) is 0.901. The van der Waals surface area contributed by atoms with Gasteiger partial charge in [0.2, 0.25) is 5.91 Å². The first-order chi connectivity index (χ1) is 11.0. The lowest BCUT2D eigenvalue weighted by Gasteiger charge is -2.36. The number of carboxylic acids is 1. The first-order valence-electron chi connectivity index (χ1n) is 7.82. The van der Waals surface area contributed by atoms with Crippen LogP contribution in [0.5, 0.6) is 0 Å². The summed E-state index contributed by atoms with van der Waals surface area (Å²) in [6.07, 6.45) is 2.97. The van der Waals surface area contributed by atoms with E-state index in [-0.39, 0.29) is 30.8 Å². The number of aliphatic carboxylic acids is 1. The van der Waals surface area contributed by atoms with Crippen LogP contribution >= 0.6 is 0 Å². The molecule has 7 nitrogen and oxygen atoms in total. The minimum absolute atomic E-state index is 0.0224. The van der Waals surface area contributed by atoms with Gasteiger partial charge in [-0.3, -0.25) is 14.4 Å². The van der Waals surface area contributed by atoms with Crippen LogP contribution < -0.4 is 0 Å². The molecule has 0 spiro atoms. The van der Waals surface area contributed by atoms with E-state index < -0.39 is 11.9 Å². The Morgan fingerprint density at radius 3 is 2.52 bits per heavy atom. The van der Waals surface area contributed by atoms with Gasteiger partial charge in [0.15, 0.2) is 5.76 Å². The molecule has 1 aromatic rings. The number of likely N-dealkylation sites (tertiary alicyclic amines) is 2. The van der Waals surface area contributed by atoms with Crippen molar-refractivity contribution in [1.82, 2.24) is 9.80 Å². The van der Waals surface area contributed by atoms with Crippen LogP contribution in [-0.4, -0.2) is 58.4 Å². The second kappa shape index (κ2) is 6.06. The molecule has 3 heterocycles. The van der Waals surface area contributed by atoms with Crippen LogP contribution in [0.25, 0.3) is 0 Å². The van der Waals surface area contributed by atoms with Crippen LogP contribution in [0.1, 0.15) is 35.4 Å². The van der Waals surface area contributed by atoms with Gasteiger partial charge in [-0.15, -0.1) is 0 Å². The Morgan fingerprint density at radius 2 is 2.00 bits per heavy atom. The molecule has 0 aliphatic carbocycles. The Balaban J connectivity index is 1.57. The molecule has 7 heteroatoms. The lowest BCUT2D eigenvalue weighted by atomic mass is 10.0. The van der Waals surface area contributed by atoms with Crippen molar-refractivity contribution in [2.24, 2.45) is 5.92 Å². The third-order valence-corrected chi connectivity index (χ3v) is 4.64. The van der Waals surface area contributed by atoms with E-state index in [9.17, 15) is 14.4 Å². The molecule has 124 valence electrons. The van der Waals surface area contributed by atoms with Crippen molar-refractivity contribution in [3.63, 3.8) is 0 Å². The third kappa shape index (κ3) is 3.09. The van der Waals surface area contributed by atoms with Crippen LogP contribution in [0.2, 0.25) is 0 Å². The molecule has 0 aromatic carbocycles. The second-order valence-electron chi connectivity index (χ2n) is 6.30. The van der Waals surface area contributed by atoms with Crippen LogP contribution in [-0.2, 0) is 9.59 Å². The molecule has 0 saturated carbocycles. The van der Waals surface area contributed by atoms with Gasteiger partial charge in [0.25, 0.3) is 5.91 Å². The number of carbonyl (C=O) groups excluding carboxylic acids is 2. The summed E-state index contributed by atoms with van der Waals surface area (Å²) in [7, 11) is 0. The monoisotopic (exact) mass is 320 g/mol. The topological polar surface area (TPSA) is 91.1 Å². The van der Waals surface area contributed by atoms with Crippen molar-refractivity contribution < 1.29 is 23.9 Å². The van der Waals surface area contributed by atoms with E-state index in [1.54, 1.807) is 22.1 Å². The van der Waals surface area contributed by atoms with Gasteiger partial charge in [-0.1, -0.05) is 0 Å². The zero-order valence-corrected chi connectivity index (χ0v) is 13.0. The summed E-state index contributed by atoms with van der Waals surface area (Å²) in [6.45, 7) is 3.24. The Bertz CT molecular complexity index is 630. The van der Waals surface area contributed by atoms with Gasteiger partial charge < -0.3 is 19.3 Å². The molecule has 1 N–H and O–H groups in total. The average Bonchev–Trinajstić information content (AvgIpc) is 3.13. The van der Waals surface area contributed by atoms with Gasteiger partial charge in [-0.25, -0.2) is 0 Å². The van der Waals surface area contributed by atoms with E-state index >= 15 is 0 Å². The van der Waals surface area contributed by atoms with Crippen LogP contribution in [0.3, 0.4) is 0 Å². The number of rotatable bonds is 3. The molecular formula is C16H20N2O5. The van der Waals surface area contributed by atoms with Crippen LogP contribution in [0, 0.1) is 12.8 Å². The molecule has 2 amide bonds. The maximum Gasteiger partial charge on any atom is 0.308 e. The Kier molecular flexibility index (Phi) is 4.11. The van der Waals surface area contributed by atoms with E-state index in [2.05, 4.69) is 0 Å². The molecule has 1 aromatic heterocycles. The van der Waals surface area contributed by atoms with Crippen molar-refractivity contribution in [3.8, 4) is 0 Å². The number of carboxylic acid groups (broad SMARTS) is 1. The summed E-state index contributed by atoms with van der Waals surface area (Å²) in [4.78, 5) is 38.8. The molecule has 2 saturated heterocycles. The van der Waals surface area contributed by atoms with E-state index in [0.717, 1.165) is 5.56 Å². The van der Waals surface area contributed by atoms with Gasteiger partial charge in [0.05, 0.1) is 12.2 Å². The summed E-state index contributed by atoms with van der Waals surface area (Å²) < 4.78 is 5.24. The van der Waals surface area contributed by atoms with Crippen LogP contribution in [0.4, 0.5) is 0 Å². The minimum Gasteiger partial charge on any atom is -0.481 e. The molecular weight excluding hydrogens is 300 g/mol. The van der Waals surface area contributed by atoms with E-state index in [1.807, 2.05) is 6.92 Å².